The van der Waals surface area contributed by atoms with E-state index in [0.717, 1.165) is 6.42 Å². The van der Waals surface area contributed by atoms with Crippen LogP contribution in [-0.2, 0) is 9.53 Å². The monoisotopic (exact) mass is 298 g/mol. The highest BCUT2D eigenvalue weighted by atomic mass is 35.5. The van der Waals surface area contributed by atoms with Gasteiger partial charge in [0.05, 0.1) is 17.8 Å². The number of anilines is 1. The van der Waals surface area contributed by atoms with Crippen molar-refractivity contribution in [3.63, 3.8) is 0 Å². The number of benzene rings is 1. The number of nitrogens with one attached hydrogen (secondary N) is 1. The lowest BCUT2D eigenvalue weighted by Gasteiger charge is -2.21. The van der Waals surface area contributed by atoms with Gasteiger partial charge in [-0.1, -0.05) is 31.9 Å². The van der Waals surface area contributed by atoms with Crippen LogP contribution in [0.2, 0.25) is 5.02 Å². The summed E-state index contributed by atoms with van der Waals surface area (Å²) >= 11 is 5.88. The first-order valence-corrected chi connectivity index (χ1v) is 6.72. The normalized spacial score (nSPS) is 13.4. The Morgan fingerprint density at radius 2 is 2.10 bits per heavy atom. The van der Waals surface area contributed by atoms with Crippen molar-refractivity contribution in [2.75, 3.05) is 12.8 Å². The Bertz CT molecular complexity index is 505. The van der Waals surface area contributed by atoms with Gasteiger partial charge in [-0.2, -0.15) is 0 Å². The minimum atomic E-state index is -0.686. The molecule has 0 aliphatic heterocycles. The van der Waals surface area contributed by atoms with Crippen molar-refractivity contribution in [2.24, 2.45) is 5.92 Å². The van der Waals surface area contributed by atoms with Gasteiger partial charge in [-0.15, -0.1) is 0 Å². The van der Waals surface area contributed by atoms with Gasteiger partial charge in [-0.25, -0.2) is 4.79 Å². The van der Waals surface area contributed by atoms with E-state index in [2.05, 4.69) is 5.32 Å². The summed E-state index contributed by atoms with van der Waals surface area (Å²) < 4.78 is 4.72. The number of methoxy groups -OCH3 is 1. The largest absolute Gasteiger partial charge is 0.467 e. The van der Waals surface area contributed by atoms with Crippen LogP contribution in [0, 0.1) is 5.92 Å². The molecule has 2 unspecified atom stereocenters. The fraction of sp³-hybridized carbons (Fsp3) is 0.429. The van der Waals surface area contributed by atoms with E-state index in [0.29, 0.717) is 16.3 Å². The standard InChI is InChI=1S/C14H19ClN2O3/c1-4-8(2)12(14(19)20-3)17-13(18)9-5-6-11(16)10(15)7-9/h5-8,12H,4,16H2,1-3H3,(H,17,18). The number of nitrogens with two attached hydrogens (primary N) is 1. The van der Waals surface area contributed by atoms with Crippen molar-refractivity contribution in [1.82, 2.24) is 5.32 Å². The third-order valence-electron chi connectivity index (χ3n) is 3.22. The van der Waals surface area contributed by atoms with Crippen LogP contribution in [-0.4, -0.2) is 25.0 Å². The molecule has 0 saturated heterocycles. The highest BCUT2D eigenvalue weighted by Crippen LogP contribution is 2.20. The molecule has 5 nitrogen and oxygen atoms in total. The second kappa shape index (κ2) is 7.14. The van der Waals surface area contributed by atoms with Crippen LogP contribution in [0.5, 0.6) is 0 Å². The summed E-state index contributed by atoms with van der Waals surface area (Å²) in [5, 5.41) is 2.97. The highest BCUT2D eigenvalue weighted by molar-refractivity contribution is 6.33. The molecule has 6 heteroatoms. The molecule has 3 N–H and O–H groups in total. The molecule has 0 fully saturated rings. The molecular formula is C14H19ClN2O3. The number of nitrogen functional groups attached to an aromatic ring is 1. The van der Waals surface area contributed by atoms with Crippen molar-refractivity contribution >= 4 is 29.2 Å². The van der Waals surface area contributed by atoms with Crippen molar-refractivity contribution in [2.45, 2.75) is 26.3 Å². The second-order valence-electron chi connectivity index (χ2n) is 4.60. The average Bonchev–Trinajstić information content (AvgIpc) is 2.45. The fourth-order valence-electron chi connectivity index (χ4n) is 1.69. The quantitative estimate of drug-likeness (QED) is 0.645. The van der Waals surface area contributed by atoms with Gasteiger partial charge in [0.15, 0.2) is 0 Å². The summed E-state index contributed by atoms with van der Waals surface area (Å²) in [4.78, 5) is 23.9. The highest BCUT2D eigenvalue weighted by Gasteiger charge is 2.27. The van der Waals surface area contributed by atoms with Gasteiger partial charge in [-0.05, 0) is 24.1 Å². The number of halogens is 1. The van der Waals surface area contributed by atoms with E-state index in [1.807, 2.05) is 13.8 Å². The average molecular weight is 299 g/mol. The van der Waals surface area contributed by atoms with E-state index >= 15 is 0 Å². The Hall–Kier alpha value is -1.75. The van der Waals surface area contributed by atoms with Gasteiger partial charge < -0.3 is 15.8 Å². The molecule has 0 aliphatic carbocycles. The Kier molecular flexibility index (Phi) is 5.82. The minimum absolute atomic E-state index is 0.0318. The number of hydrogen-bond acceptors (Lipinski definition) is 4. The Morgan fingerprint density at radius 1 is 1.45 bits per heavy atom. The number of esters is 1. The maximum absolute atomic E-state index is 12.1. The van der Waals surface area contributed by atoms with Crippen LogP contribution >= 0.6 is 11.6 Å². The molecule has 0 saturated carbocycles. The van der Waals surface area contributed by atoms with Gasteiger partial charge in [0.1, 0.15) is 6.04 Å². The predicted octanol–water partition coefficient (Wildman–Crippen LogP) is 2.24. The third-order valence-corrected chi connectivity index (χ3v) is 3.54. The Morgan fingerprint density at radius 3 is 2.60 bits per heavy atom. The summed E-state index contributed by atoms with van der Waals surface area (Å²) in [6, 6.07) is 3.89. The Labute approximate surface area is 123 Å². The van der Waals surface area contributed by atoms with Crippen LogP contribution in [0.15, 0.2) is 18.2 Å². The number of amides is 1. The van der Waals surface area contributed by atoms with E-state index in [-0.39, 0.29) is 11.8 Å². The molecule has 1 amide bonds. The topological polar surface area (TPSA) is 81.4 Å². The number of carbonyl (C=O) groups excluding carboxylic acids is 2. The fourth-order valence-corrected chi connectivity index (χ4v) is 1.87. The van der Waals surface area contributed by atoms with Crippen molar-refractivity contribution in [3.05, 3.63) is 28.8 Å². The lowest BCUT2D eigenvalue weighted by Crippen LogP contribution is -2.45. The van der Waals surface area contributed by atoms with Crippen LogP contribution in [0.1, 0.15) is 30.6 Å². The van der Waals surface area contributed by atoms with Crippen LogP contribution in [0.4, 0.5) is 5.69 Å². The summed E-state index contributed by atoms with van der Waals surface area (Å²) in [5.41, 5.74) is 6.34. The third kappa shape index (κ3) is 3.87. The lowest BCUT2D eigenvalue weighted by atomic mass is 9.99. The zero-order valence-corrected chi connectivity index (χ0v) is 12.5. The van der Waals surface area contributed by atoms with E-state index in [9.17, 15) is 9.59 Å². The molecule has 1 rings (SSSR count). The zero-order valence-electron chi connectivity index (χ0n) is 11.8. The molecule has 0 aliphatic rings. The SMILES string of the molecule is CCC(C)C(NC(=O)c1ccc(N)c(Cl)c1)C(=O)OC. The smallest absolute Gasteiger partial charge is 0.328 e. The van der Waals surface area contributed by atoms with Crippen molar-refractivity contribution < 1.29 is 14.3 Å². The maximum atomic E-state index is 12.1. The number of hydrogen-bond donors (Lipinski definition) is 2. The molecule has 1 aromatic carbocycles. The number of carbonyl (C=O) groups is 2. The van der Waals surface area contributed by atoms with Crippen LogP contribution in [0.25, 0.3) is 0 Å². The second-order valence-corrected chi connectivity index (χ2v) is 5.00. The molecule has 2 atom stereocenters. The maximum Gasteiger partial charge on any atom is 0.328 e. The molecule has 1 aromatic rings. The molecule has 0 heterocycles. The molecule has 110 valence electrons. The number of rotatable bonds is 5. The predicted molar refractivity (Wildman–Crippen MR) is 78.6 cm³/mol. The summed E-state index contributed by atoms with van der Waals surface area (Å²) in [5.74, 6) is -0.882. The summed E-state index contributed by atoms with van der Waals surface area (Å²) in [7, 11) is 1.30. The number of ether oxygens (including phenoxy) is 1. The van der Waals surface area contributed by atoms with E-state index in [1.54, 1.807) is 12.1 Å². The van der Waals surface area contributed by atoms with Crippen molar-refractivity contribution in [1.29, 1.82) is 0 Å². The molecule has 0 radical (unpaired) electrons. The molecule has 0 bridgehead atoms. The van der Waals surface area contributed by atoms with Gasteiger partial charge in [0, 0.05) is 5.56 Å². The zero-order chi connectivity index (χ0) is 15.3. The van der Waals surface area contributed by atoms with Gasteiger partial charge in [0.25, 0.3) is 5.91 Å². The van der Waals surface area contributed by atoms with Gasteiger partial charge in [0.2, 0.25) is 0 Å². The first kappa shape index (κ1) is 16.3. The summed E-state index contributed by atoms with van der Waals surface area (Å²) in [6.45, 7) is 3.81. The minimum Gasteiger partial charge on any atom is -0.467 e. The van der Waals surface area contributed by atoms with Crippen LogP contribution < -0.4 is 11.1 Å². The molecular weight excluding hydrogens is 280 g/mol. The van der Waals surface area contributed by atoms with E-state index in [4.69, 9.17) is 22.1 Å². The first-order valence-electron chi connectivity index (χ1n) is 6.34. The molecule has 0 spiro atoms. The Balaban J connectivity index is 2.90. The lowest BCUT2D eigenvalue weighted by molar-refractivity contribution is -0.144. The van der Waals surface area contributed by atoms with Crippen LogP contribution in [0.3, 0.4) is 0 Å². The van der Waals surface area contributed by atoms with E-state index < -0.39 is 12.0 Å². The summed E-state index contributed by atoms with van der Waals surface area (Å²) in [6.07, 6.45) is 0.739. The van der Waals surface area contributed by atoms with Gasteiger partial charge >= 0.3 is 5.97 Å². The molecule has 0 aromatic heterocycles. The van der Waals surface area contributed by atoms with Gasteiger partial charge in [-0.3, -0.25) is 4.79 Å². The van der Waals surface area contributed by atoms with Crippen molar-refractivity contribution in [3.8, 4) is 0 Å². The molecule has 20 heavy (non-hydrogen) atoms. The first-order chi connectivity index (χ1) is 9.40. The van der Waals surface area contributed by atoms with E-state index in [1.165, 1.54) is 13.2 Å².